The third-order valence-corrected chi connectivity index (χ3v) is 7.27. The van der Waals surface area contributed by atoms with Gasteiger partial charge in [-0.15, -0.1) is 0 Å². The van der Waals surface area contributed by atoms with Crippen molar-refractivity contribution in [3.05, 3.63) is 0 Å². The van der Waals surface area contributed by atoms with Crippen molar-refractivity contribution < 1.29 is 72.1 Å². The fourth-order valence-corrected chi connectivity index (χ4v) is 4.92. The summed E-state index contributed by atoms with van der Waals surface area (Å²) in [5.41, 5.74) is 0. The Bertz CT molecular complexity index is 1050. The molecule has 1 saturated heterocycles. The zero-order valence-electron chi connectivity index (χ0n) is 25.9. The Morgan fingerprint density at radius 2 is 1.09 bits per heavy atom. The molecule has 1 fully saturated rings. The Hall–Kier alpha value is -3.23. The highest BCUT2D eigenvalue weighted by atomic mass is 31.2. The highest BCUT2D eigenvalue weighted by molar-refractivity contribution is 7.47. The van der Waals surface area contributed by atoms with Crippen LogP contribution >= 0.6 is 7.82 Å². The number of ether oxygens (including phenoxy) is 2. The number of esters is 2. The Morgan fingerprint density at radius 3 is 1.46 bits per heavy atom. The highest BCUT2D eigenvalue weighted by Gasteiger charge is 2.26. The molecule has 0 spiro atoms. The summed E-state index contributed by atoms with van der Waals surface area (Å²) in [6.45, 7) is 1.31. The topological polar surface area (TPSA) is 262 Å². The van der Waals surface area contributed by atoms with Crippen molar-refractivity contribution in [3.63, 3.8) is 0 Å². The lowest BCUT2D eigenvalue weighted by Gasteiger charge is -2.32. The van der Waals surface area contributed by atoms with Crippen LogP contribution in [0.4, 0.5) is 0 Å². The van der Waals surface area contributed by atoms with Crippen LogP contribution in [0, 0.1) is 0 Å². The van der Waals surface area contributed by atoms with E-state index in [2.05, 4.69) is 5.32 Å². The fraction of sp³-hybridized carbons (Fsp3) is 0.760. The van der Waals surface area contributed by atoms with Gasteiger partial charge in [-0.1, -0.05) is 0 Å². The molecule has 1 amide bonds. The van der Waals surface area contributed by atoms with Gasteiger partial charge in [0.25, 0.3) is 0 Å². The van der Waals surface area contributed by atoms with Gasteiger partial charge in [-0.2, -0.15) is 0 Å². The lowest BCUT2D eigenvalue weighted by Crippen LogP contribution is -2.50. The molecule has 20 nitrogen and oxygen atoms in total. The van der Waals surface area contributed by atoms with Crippen molar-refractivity contribution >= 4 is 43.6 Å². The minimum absolute atomic E-state index is 0.166. The van der Waals surface area contributed by atoms with Crippen molar-refractivity contribution in [2.75, 3.05) is 105 Å². The zero-order valence-corrected chi connectivity index (χ0v) is 26.8. The Kier molecular flexibility index (Phi) is 19.1. The summed E-state index contributed by atoms with van der Waals surface area (Å²) in [7, 11) is -4.65. The third-order valence-electron chi connectivity index (χ3n) is 6.28. The number of phosphoric ester groups is 1. The maximum absolute atomic E-state index is 12.7. The molecule has 21 heteroatoms. The number of phosphoric acid groups is 1. The molecule has 1 heterocycles. The predicted octanol–water partition coefficient (Wildman–Crippen LogP) is -2.79. The van der Waals surface area contributed by atoms with Crippen molar-refractivity contribution in [1.29, 1.82) is 0 Å². The lowest BCUT2D eigenvalue weighted by atomic mass is 10.3. The molecule has 0 saturated carbocycles. The summed E-state index contributed by atoms with van der Waals surface area (Å²) < 4.78 is 31.4. The molecule has 1 unspecified atom stereocenters. The molecule has 0 aromatic carbocycles. The largest absolute Gasteiger partial charge is 0.480 e. The number of carbonyl (C=O) groups excluding carboxylic acids is 3. The normalized spacial score (nSPS) is 18.2. The van der Waals surface area contributed by atoms with Crippen molar-refractivity contribution in [1.82, 2.24) is 24.9 Å². The molecule has 0 radical (unpaired) electrons. The van der Waals surface area contributed by atoms with E-state index in [0.29, 0.717) is 0 Å². The molecule has 46 heavy (non-hydrogen) atoms. The molecule has 0 bridgehead atoms. The van der Waals surface area contributed by atoms with E-state index in [1.54, 1.807) is 19.6 Å². The average molecular weight is 686 g/mol. The smallest absolute Gasteiger partial charge is 0.472 e. The van der Waals surface area contributed by atoms with E-state index >= 15 is 0 Å². The quantitative estimate of drug-likeness (QED) is 0.0554. The van der Waals surface area contributed by atoms with E-state index in [9.17, 15) is 53.5 Å². The summed E-state index contributed by atoms with van der Waals surface area (Å²) in [5, 5.41) is 30.4. The minimum Gasteiger partial charge on any atom is -0.480 e. The summed E-state index contributed by atoms with van der Waals surface area (Å²) in [6, 6.07) is 0. The van der Waals surface area contributed by atoms with Crippen LogP contribution in [0.1, 0.15) is 13.8 Å². The molecule has 0 aromatic rings. The van der Waals surface area contributed by atoms with E-state index in [-0.39, 0.29) is 85.1 Å². The Labute approximate surface area is 265 Å². The maximum atomic E-state index is 12.7. The molecule has 0 aliphatic carbocycles. The fourth-order valence-electron chi connectivity index (χ4n) is 4.17. The van der Waals surface area contributed by atoms with E-state index in [1.165, 1.54) is 0 Å². The van der Waals surface area contributed by atoms with Gasteiger partial charge in [0.05, 0.1) is 39.4 Å². The van der Waals surface area contributed by atoms with Gasteiger partial charge in [-0.05, 0) is 0 Å². The Balaban J connectivity index is 2.73. The first-order chi connectivity index (χ1) is 21.5. The zero-order chi connectivity index (χ0) is 34.7. The third kappa shape index (κ3) is 20.7. The second kappa shape index (κ2) is 21.5. The van der Waals surface area contributed by atoms with Crippen LogP contribution in [0.25, 0.3) is 0 Å². The summed E-state index contributed by atoms with van der Waals surface area (Å²) in [4.78, 5) is 85.4. The number of hydrogen-bond acceptors (Lipinski definition) is 15. The molecular formula is C25H44N5O15P. The summed E-state index contributed by atoms with van der Waals surface area (Å²) >= 11 is 0. The van der Waals surface area contributed by atoms with Gasteiger partial charge in [-0.25, -0.2) is 4.57 Å². The number of rotatable bonds is 18. The van der Waals surface area contributed by atoms with Gasteiger partial charge in [-0.3, -0.25) is 57.4 Å². The van der Waals surface area contributed by atoms with Gasteiger partial charge in [0.1, 0.15) is 6.61 Å². The van der Waals surface area contributed by atoms with Gasteiger partial charge in [0, 0.05) is 72.8 Å². The van der Waals surface area contributed by atoms with Gasteiger partial charge in [0.2, 0.25) is 5.91 Å². The van der Waals surface area contributed by atoms with Crippen LogP contribution in [0.5, 0.6) is 0 Å². The minimum atomic E-state index is -4.65. The molecule has 1 rings (SSSR count). The first kappa shape index (κ1) is 40.8. The lowest BCUT2D eigenvalue weighted by molar-refractivity contribution is -0.158. The molecule has 1 aliphatic rings. The summed E-state index contributed by atoms with van der Waals surface area (Å²) in [6.07, 6.45) is -1.16. The molecule has 0 aromatic heterocycles. The second-order valence-electron chi connectivity index (χ2n) is 10.3. The average Bonchev–Trinajstić information content (AvgIpc) is 2.93. The molecule has 264 valence electrons. The second-order valence-corrected chi connectivity index (χ2v) is 11.7. The van der Waals surface area contributed by atoms with Crippen LogP contribution in [-0.4, -0.2) is 187 Å². The standard InChI is InChI=1S/C25H44N5O15P/c1-19(31)42-17-21(45-20(2)32)18-44-46(40,41)43-12-3-26-22(33)13-27-4-6-28(14-23(34)35)8-10-30(16-25(38)39)11-9-29(7-5-27)15-24(36)37/h21H,3-18H2,1-2H3,(H,26,33)(H,34,35)(H,36,37)(H,38,39)(H,40,41)/t21-/m1/s1. The number of carboxylic acid groups (broad SMARTS) is 3. The Morgan fingerprint density at radius 1 is 0.674 bits per heavy atom. The van der Waals surface area contributed by atoms with Gasteiger partial charge < -0.3 is 35.0 Å². The molecule has 2 atom stereocenters. The van der Waals surface area contributed by atoms with Crippen molar-refractivity contribution in [2.24, 2.45) is 0 Å². The van der Waals surface area contributed by atoms with E-state index in [4.69, 9.17) is 18.5 Å². The number of amides is 1. The number of aliphatic carboxylic acids is 3. The number of carboxylic acids is 3. The van der Waals surface area contributed by atoms with Crippen LogP contribution in [0.3, 0.4) is 0 Å². The van der Waals surface area contributed by atoms with E-state index in [0.717, 1.165) is 13.8 Å². The first-order valence-corrected chi connectivity index (χ1v) is 15.8. The van der Waals surface area contributed by atoms with Gasteiger partial charge >= 0.3 is 37.7 Å². The maximum Gasteiger partial charge on any atom is 0.472 e. The number of nitrogens with one attached hydrogen (secondary N) is 1. The van der Waals surface area contributed by atoms with Crippen molar-refractivity contribution in [3.8, 4) is 0 Å². The van der Waals surface area contributed by atoms with Crippen LogP contribution in [0.2, 0.25) is 0 Å². The van der Waals surface area contributed by atoms with E-state index in [1.807, 2.05) is 0 Å². The van der Waals surface area contributed by atoms with Crippen LogP contribution < -0.4 is 5.32 Å². The SMILES string of the molecule is CC(=O)OC[C@H](COP(=O)(O)OCCNC(=O)CN1CCN(CC(=O)O)CCN(CC(=O)O)CCN(CC(=O)O)CC1)OC(C)=O. The van der Waals surface area contributed by atoms with Crippen molar-refractivity contribution in [2.45, 2.75) is 20.0 Å². The predicted molar refractivity (Wildman–Crippen MR) is 156 cm³/mol. The number of carbonyl (C=O) groups is 6. The van der Waals surface area contributed by atoms with Crippen LogP contribution in [0.15, 0.2) is 0 Å². The highest BCUT2D eigenvalue weighted by Crippen LogP contribution is 2.43. The number of hydrogen-bond donors (Lipinski definition) is 5. The molecular weight excluding hydrogens is 641 g/mol. The number of nitrogens with zero attached hydrogens (tertiary/aromatic N) is 4. The van der Waals surface area contributed by atoms with Gasteiger partial charge in [0.15, 0.2) is 6.10 Å². The van der Waals surface area contributed by atoms with Crippen LogP contribution in [-0.2, 0) is 51.9 Å². The monoisotopic (exact) mass is 685 g/mol. The molecule has 5 N–H and O–H groups in total. The first-order valence-electron chi connectivity index (χ1n) is 14.3. The molecule has 1 aliphatic heterocycles. The van der Waals surface area contributed by atoms with E-state index < -0.39 is 69.5 Å². The summed E-state index contributed by atoms with van der Waals surface area (Å²) in [5.74, 6) is -5.12.